The maximum atomic E-state index is 11.4. The first-order valence-corrected chi connectivity index (χ1v) is 6.86. The molecule has 0 spiro atoms. The molecule has 7 nitrogen and oxygen atoms in total. The third-order valence-corrected chi connectivity index (χ3v) is 3.08. The molecular formula is C15H16N4O3. The van der Waals surface area contributed by atoms with Crippen LogP contribution < -0.4 is 20.5 Å². The number of H-pyrrole nitrogens is 1. The highest BCUT2D eigenvalue weighted by Crippen LogP contribution is 2.29. The highest BCUT2D eigenvalue weighted by molar-refractivity contribution is 5.88. The van der Waals surface area contributed by atoms with Gasteiger partial charge in [-0.15, -0.1) is 0 Å². The van der Waals surface area contributed by atoms with Crippen LogP contribution in [0.3, 0.4) is 0 Å². The number of anilines is 1. The zero-order valence-electron chi connectivity index (χ0n) is 12.3. The zero-order chi connectivity index (χ0) is 15.5. The summed E-state index contributed by atoms with van der Waals surface area (Å²) in [7, 11) is 0. The predicted octanol–water partition coefficient (Wildman–Crippen LogP) is 1.63. The molecule has 1 aliphatic rings. The molecule has 114 valence electrons. The number of aromatic amines is 1. The Morgan fingerprint density at radius 1 is 1.18 bits per heavy atom. The Hall–Kier alpha value is -2.83. The molecule has 1 aromatic heterocycles. The fourth-order valence-electron chi connectivity index (χ4n) is 2.04. The Bertz CT molecular complexity index is 783. The first-order valence-electron chi connectivity index (χ1n) is 6.86. The maximum absolute atomic E-state index is 11.4. The monoisotopic (exact) mass is 300 g/mol. The third kappa shape index (κ3) is 3.25. The molecule has 3 rings (SSSR count). The Labute approximate surface area is 127 Å². The molecule has 0 amide bonds. The van der Waals surface area contributed by atoms with E-state index in [1.807, 2.05) is 25.1 Å². The van der Waals surface area contributed by atoms with Crippen LogP contribution in [0.25, 0.3) is 0 Å². The second-order valence-electron chi connectivity index (χ2n) is 5.05. The van der Waals surface area contributed by atoms with Gasteiger partial charge in [0.05, 0.1) is 0 Å². The molecule has 0 atom stereocenters. The number of aromatic nitrogens is 2. The average molecular weight is 300 g/mol. The first-order chi connectivity index (χ1) is 10.6. The summed E-state index contributed by atoms with van der Waals surface area (Å²) in [5, 5.41) is 4.19. The Morgan fingerprint density at radius 2 is 1.95 bits per heavy atom. The molecular weight excluding hydrogens is 284 g/mol. The molecule has 1 aliphatic heterocycles. The van der Waals surface area contributed by atoms with Gasteiger partial charge >= 0.3 is 0 Å². The molecule has 0 saturated carbocycles. The zero-order valence-corrected chi connectivity index (χ0v) is 12.3. The molecule has 0 bridgehead atoms. The number of nitrogens with one attached hydrogen (secondary N) is 2. The van der Waals surface area contributed by atoms with Gasteiger partial charge in [0.2, 0.25) is 5.95 Å². The van der Waals surface area contributed by atoms with E-state index in [0.717, 1.165) is 5.56 Å². The first kappa shape index (κ1) is 14.1. The number of rotatable bonds is 2. The molecule has 2 N–H and O–H groups in total. The second kappa shape index (κ2) is 5.88. The number of hydrazone groups is 1. The Morgan fingerprint density at radius 3 is 2.73 bits per heavy atom. The van der Waals surface area contributed by atoms with Crippen molar-refractivity contribution in [3.63, 3.8) is 0 Å². The molecule has 1 aromatic carbocycles. The normalized spacial score (nSPS) is 15.5. The molecule has 7 heteroatoms. The lowest BCUT2D eigenvalue weighted by molar-refractivity contribution is 0.354. The minimum atomic E-state index is -0.230. The summed E-state index contributed by atoms with van der Waals surface area (Å²) in [4.78, 5) is 18.1. The van der Waals surface area contributed by atoms with Crippen LogP contribution in [0.2, 0.25) is 0 Å². The molecule has 2 heterocycles. The second-order valence-corrected chi connectivity index (χ2v) is 5.05. The van der Waals surface area contributed by atoms with E-state index in [4.69, 9.17) is 9.47 Å². The highest BCUT2D eigenvalue weighted by Gasteiger charge is 2.14. The van der Waals surface area contributed by atoms with Crippen molar-refractivity contribution in [1.82, 2.24) is 9.97 Å². The molecule has 0 fully saturated rings. The van der Waals surface area contributed by atoms with Gasteiger partial charge in [-0.05, 0) is 31.5 Å². The van der Waals surface area contributed by atoms with Crippen molar-refractivity contribution in [2.75, 3.05) is 18.6 Å². The summed E-state index contributed by atoms with van der Waals surface area (Å²) in [6.45, 7) is 4.34. The molecule has 0 saturated heterocycles. The third-order valence-electron chi connectivity index (χ3n) is 3.08. The van der Waals surface area contributed by atoms with Crippen molar-refractivity contribution in [3.8, 4) is 11.5 Å². The summed E-state index contributed by atoms with van der Waals surface area (Å²) in [5.74, 6) is 1.68. The lowest BCUT2D eigenvalue weighted by Crippen LogP contribution is -2.19. The van der Waals surface area contributed by atoms with Gasteiger partial charge in [-0.25, -0.2) is 10.4 Å². The number of hydrogen-bond donors (Lipinski definition) is 2. The predicted molar refractivity (Wildman–Crippen MR) is 82.8 cm³/mol. The minimum absolute atomic E-state index is 0.230. The van der Waals surface area contributed by atoms with Gasteiger partial charge in [0.25, 0.3) is 5.56 Å². The van der Waals surface area contributed by atoms with E-state index in [9.17, 15) is 4.79 Å². The molecule has 0 unspecified atom stereocenters. The molecule has 2 aromatic rings. The summed E-state index contributed by atoms with van der Waals surface area (Å²) in [6.07, 6.45) is 0. The van der Waals surface area contributed by atoms with Crippen molar-refractivity contribution in [1.29, 1.82) is 0 Å². The van der Waals surface area contributed by atoms with Crippen LogP contribution in [0, 0.1) is 13.8 Å². The number of hydrogen-bond acceptors (Lipinski definition) is 6. The van der Waals surface area contributed by atoms with E-state index >= 15 is 0 Å². The van der Waals surface area contributed by atoms with Gasteiger partial charge in [0, 0.05) is 11.8 Å². The quantitative estimate of drug-likeness (QED) is 0.823. The van der Waals surface area contributed by atoms with E-state index in [-0.39, 0.29) is 11.5 Å². The van der Waals surface area contributed by atoms with Gasteiger partial charge in [0.15, 0.2) is 11.5 Å². The largest absolute Gasteiger partial charge is 0.484 e. The van der Waals surface area contributed by atoms with Crippen molar-refractivity contribution >= 4 is 11.7 Å². The fourth-order valence-corrected chi connectivity index (χ4v) is 2.04. The summed E-state index contributed by atoms with van der Waals surface area (Å²) in [5.41, 5.74) is 4.87. The summed E-state index contributed by atoms with van der Waals surface area (Å²) in [6, 6.07) is 7.17. The molecule has 0 aliphatic carbocycles. The smallest absolute Gasteiger partial charge is 0.252 e. The van der Waals surface area contributed by atoms with Crippen LogP contribution in [-0.2, 0) is 0 Å². The standard InChI is InChI=1S/C15H16N4O3/c1-9-3-4-12-13(5-9)22-8-11(7-21-12)18-19-15-16-10(2)6-14(20)17-15/h3-6H,7-8H2,1-2H3,(H2,16,17,19,20)/b18-11+. The summed E-state index contributed by atoms with van der Waals surface area (Å²) >= 11 is 0. The van der Waals surface area contributed by atoms with Crippen LogP contribution in [0.15, 0.2) is 34.2 Å². The summed E-state index contributed by atoms with van der Waals surface area (Å²) < 4.78 is 11.4. The van der Waals surface area contributed by atoms with E-state index in [1.165, 1.54) is 6.07 Å². The topological polar surface area (TPSA) is 88.6 Å². The van der Waals surface area contributed by atoms with E-state index < -0.39 is 0 Å². The van der Waals surface area contributed by atoms with Crippen molar-refractivity contribution in [2.24, 2.45) is 5.10 Å². The average Bonchev–Trinajstić information content (AvgIpc) is 2.66. The number of fused-ring (bicyclic) bond motifs is 1. The highest BCUT2D eigenvalue weighted by atomic mass is 16.5. The van der Waals surface area contributed by atoms with Crippen LogP contribution in [0.4, 0.5) is 5.95 Å². The van der Waals surface area contributed by atoms with Gasteiger partial charge < -0.3 is 9.47 Å². The van der Waals surface area contributed by atoms with Crippen molar-refractivity contribution in [2.45, 2.75) is 13.8 Å². The Kier molecular flexibility index (Phi) is 3.78. The van der Waals surface area contributed by atoms with Crippen molar-refractivity contribution in [3.05, 3.63) is 45.9 Å². The molecule has 22 heavy (non-hydrogen) atoms. The number of aryl methyl sites for hydroxylation is 2. The van der Waals surface area contributed by atoms with E-state index in [1.54, 1.807) is 6.92 Å². The van der Waals surface area contributed by atoms with Crippen LogP contribution in [-0.4, -0.2) is 28.9 Å². The number of ether oxygens (including phenoxy) is 2. The van der Waals surface area contributed by atoms with Crippen LogP contribution in [0.1, 0.15) is 11.3 Å². The van der Waals surface area contributed by atoms with Gasteiger partial charge in [-0.2, -0.15) is 5.10 Å². The SMILES string of the molecule is Cc1ccc2c(c1)OC/C(=N/Nc1nc(C)cc(=O)[nH]1)CO2. The lowest BCUT2D eigenvalue weighted by atomic mass is 10.2. The maximum Gasteiger partial charge on any atom is 0.252 e. The van der Waals surface area contributed by atoms with Gasteiger partial charge in [-0.3, -0.25) is 9.78 Å². The lowest BCUT2D eigenvalue weighted by Gasteiger charge is -2.06. The Balaban J connectivity index is 1.73. The fraction of sp³-hybridized carbons (Fsp3) is 0.267. The number of nitrogens with zero attached hydrogens (tertiary/aromatic N) is 2. The van der Waals surface area contributed by atoms with Crippen LogP contribution >= 0.6 is 0 Å². The van der Waals surface area contributed by atoms with Crippen LogP contribution in [0.5, 0.6) is 11.5 Å². The number of benzene rings is 1. The van der Waals surface area contributed by atoms with E-state index in [0.29, 0.717) is 36.1 Å². The van der Waals surface area contributed by atoms with E-state index in [2.05, 4.69) is 20.5 Å². The van der Waals surface area contributed by atoms with Crippen molar-refractivity contribution < 1.29 is 9.47 Å². The van der Waals surface area contributed by atoms with Gasteiger partial charge in [0.1, 0.15) is 18.9 Å². The van der Waals surface area contributed by atoms with Gasteiger partial charge in [-0.1, -0.05) is 6.07 Å². The molecule has 0 radical (unpaired) electrons. The minimum Gasteiger partial charge on any atom is -0.484 e.